The van der Waals surface area contributed by atoms with Crippen LogP contribution in [0.5, 0.6) is 11.5 Å². The number of benzene rings is 1. The van der Waals surface area contributed by atoms with Gasteiger partial charge in [0.15, 0.2) is 11.5 Å². The number of methoxy groups -OCH3 is 1. The van der Waals surface area contributed by atoms with Crippen LogP contribution in [0.2, 0.25) is 0 Å². The number of rotatable bonds is 7. The van der Waals surface area contributed by atoms with E-state index in [0.717, 1.165) is 0 Å². The summed E-state index contributed by atoms with van der Waals surface area (Å²) in [5, 5.41) is 12.2. The Hall–Kier alpha value is -2.24. The third kappa shape index (κ3) is 4.79. The van der Waals surface area contributed by atoms with E-state index >= 15 is 0 Å². The molecule has 0 aromatic heterocycles. The molecule has 0 radical (unpaired) electrons. The summed E-state index contributed by atoms with van der Waals surface area (Å²) in [6, 6.07) is 4.40. The van der Waals surface area contributed by atoms with Gasteiger partial charge in [-0.2, -0.15) is 0 Å². The smallest absolute Gasteiger partial charge is 0.305 e. The molecule has 0 aliphatic rings. The Morgan fingerprint density at radius 1 is 1.35 bits per heavy atom. The molecule has 0 atom stereocenters. The van der Waals surface area contributed by atoms with E-state index in [1.54, 1.807) is 13.0 Å². The van der Waals surface area contributed by atoms with E-state index < -0.39 is 0 Å². The van der Waals surface area contributed by atoms with Crippen LogP contribution in [0.3, 0.4) is 0 Å². The predicted octanol–water partition coefficient (Wildman–Crippen LogP) is 1.47. The van der Waals surface area contributed by atoms with Crippen molar-refractivity contribution in [2.24, 2.45) is 0 Å². The van der Waals surface area contributed by atoms with Gasteiger partial charge < -0.3 is 19.9 Å². The second kappa shape index (κ2) is 8.04. The van der Waals surface area contributed by atoms with Gasteiger partial charge in [-0.25, -0.2) is 0 Å². The van der Waals surface area contributed by atoms with E-state index in [4.69, 9.17) is 9.47 Å². The molecule has 1 aromatic rings. The van der Waals surface area contributed by atoms with Gasteiger partial charge in [-0.3, -0.25) is 9.59 Å². The Balaban J connectivity index is 2.39. The first-order valence-electron chi connectivity index (χ1n) is 6.39. The maximum atomic E-state index is 11.8. The quantitative estimate of drug-likeness (QED) is 0.584. The lowest BCUT2D eigenvalue weighted by Crippen LogP contribution is -2.25. The monoisotopic (exact) mass is 281 g/mol. The van der Waals surface area contributed by atoms with Crippen molar-refractivity contribution in [3.8, 4) is 11.5 Å². The lowest BCUT2D eigenvalue weighted by Gasteiger charge is -2.07. The number of hydrogen-bond acceptors (Lipinski definition) is 5. The zero-order chi connectivity index (χ0) is 15.0. The molecule has 2 N–H and O–H groups in total. The van der Waals surface area contributed by atoms with Crippen LogP contribution in [-0.4, -0.2) is 37.2 Å². The number of phenolic OH excluding ortho intramolecular Hbond substituents is 1. The maximum Gasteiger partial charge on any atom is 0.305 e. The summed E-state index contributed by atoms with van der Waals surface area (Å²) in [7, 11) is 1.43. The third-order valence-electron chi connectivity index (χ3n) is 2.59. The van der Waals surface area contributed by atoms with Crippen LogP contribution in [0, 0.1) is 0 Å². The van der Waals surface area contributed by atoms with Crippen molar-refractivity contribution in [3.05, 3.63) is 23.8 Å². The average Bonchev–Trinajstić information content (AvgIpc) is 2.43. The fourth-order valence-corrected chi connectivity index (χ4v) is 1.60. The van der Waals surface area contributed by atoms with E-state index in [9.17, 15) is 14.7 Å². The molecule has 20 heavy (non-hydrogen) atoms. The standard InChI is InChI=1S/C14H19NO5/c1-3-20-13(17)5-4-8-15-14(18)10-6-7-12(19-2)11(16)9-10/h6-7,9,16H,3-5,8H2,1-2H3,(H,15,18). The van der Waals surface area contributed by atoms with E-state index in [-0.39, 0.29) is 24.0 Å². The number of carbonyl (C=O) groups is 2. The molecule has 0 aliphatic carbocycles. The Kier molecular flexibility index (Phi) is 6.36. The summed E-state index contributed by atoms with van der Waals surface area (Å²) in [5.74, 6) is -0.369. The highest BCUT2D eigenvalue weighted by atomic mass is 16.5. The summed E-state index contributed by atoms with van der Waals surface area (Å²) in [6.07, 6.45) is 0.773. The normalized spacial score (nSPS) is 9.90. The van der Waals surface area contributed by atoms with Crippen molar-refractivity contribution >= 4 is 11.9 Å². The first-order valence-corrected chi connectivity index (χ1v) is 6.39. The Bertz CT molecular complexity index is 473. The molecule has 0 fully saturated rings. The molecule has 0 saturated carbocycles. The fraction of sp³-hybridized carbons (Fsp3) is 0.429. The highest BCUT2D eigenvalue weighted by molar-refractivity contribution is 5.94. The highest BCUT2D eigenvalue weighted by Crippen LogP contribution is 2.25. The molecular formula is C14H19NO5. The predicted molar refractivity (Wildman–Crippen MR) is 72.9 cm³/mol. The Morgan fingerprint density at radius 2 is 2.10 bits per heavy atom. The lowest BCUT2D eigenvalue weighted by atomic mass is 10.2. The zero-order valence-electron chi connectivity index (χ0n) is 11.6. The van der Waals surface area contributed by atoms with Crippen LogP contribution in [0.25, 0.3) is 0 Å². The number of esters is 1. The Morgan fingerprint density at radius 3 is 2.70 bits per heavy atom. The zero-order valence-corrected chi connectivity index (χ0v) is 11.6. The first-order chi connectivity index (χ1) is 9.58. The van der Waals surface area contributed by atoms with Crippen molar-refractivity contribution in [2.75, 3.05) is 20.3 Å². The summed E-state index contributed by atoms with van der Waals surface area (Å²) >= 11 is 0. The molecule has 0 saturated heterocycles. The average molecular weight is 281 g/mol. The summed E-state index contributed by atoms with van der Waals surface area (Å²) in [5.41, 5.74) is 0.333. The van der Waals surface area contributed by atoms with Crippen LogP contribution in [-0.2, 0) is 9.53 Å². The molecule has 1 amide bonds. The lowest BCUT2D eigenvalue weighted by molar-refractivity contribution is -0.143. The highest BCUT2D eigenvalue weighted by Gasteiger charge is 2.09. The van der Waals surface area contributed by atoms with Crippen LogP contribution in [0.15, 0.2) is 18.2 Å². The molecule has 1 aromatic carbocycles. The van der Waals surface area contributed by atoms with E-state index in [0.29, 0.717) is 30.9 Å². The molecule has 0 unspecified atom stereocenters. The molecule has 0 heterocycles. The van der Waals surface area contributed by atoms with Gasteiger partial charge >= 0.3 is 5.97 Å². The number of carbonyl (C=O) groups excluding carboxylic acids is 2. The minimum atomic E-state index is -0.313. The number of phenols is 1. The largest absolute Gasteiger partial charge is 0.504 e. The fourth-order valence-electron chi connectivity index (χ4n) is 1.60. The SMILES string of the molecule is CCOC(=O)CCCNC(=O)c1ccc(OC)c(O)c1. The van der Waals surface area contributed by atoms with Crippen molar-refractivity contribution in [3.63, 3.8) is 0 Å². The number of hydrogen-bond donors (Lipinski definition) is 2. The van der Waals surface area contributed by atoms with Gasteiger partial charge in [0.05, 0.1) is 13.7 Å². The van der Waals surface area contributed by atoms with Crippen LogP contribution in [0.4, 0.5) is 0 Å². The van der Waals surface area contributed by atoms with E-state index in [1.165, 1.54) is 19.2 Å². The van der Waals surface area contributed by atoms with Gasteiger partial charge in [0, 0.05) is 18.5 Å². The molecule has 1 rings (SSSR count). The summed E-state index contributed by atoms with van der Waals surface area (Å²) < 4.78 is 9.67. The molecular weight excluding hydrogens is 262 g/mol. The second-order valence-corrected chi connectivity index (χ2v) is 4.05. The van der Waals surface area contributed by atoms with Gasteiger partial charge in [-0.1, -0.05) is 0 Å². The minimum Gasteiger partial charge on any atom is -0.504 e. The first kappa shape index (κ1) is 15.8. The molecule has 110 valence electrons. The molecule has 0 spiro atoms. The summed E-state index contributed by atoms with van der Waals surface area (Å²) in [6.45, 7) is 2.47. The van der Waals surface area contributed by atoms with E-state index in [1.807, 2.05) is 0 Å². The van der Waals surface area contributed by atoms with Gasteiger partial charge in [-0.15, -0.1) is 0 Å². The topological polar surface area (TPSA) is 84.9 Å². The van der Waals surface area contributed by atoms with Gasteiger partial charge in [0.1, 0.15) is 0 Å². The van der Waals surface area contributed by atoms with Gasteiger partial charge in [0.25, 0.3) is 5.91 Å². The van der Waals surface area contributed by atoms with Crippen LogP contribution in [0.1, 0.15) is 30.1 Å². The molecule has 6 nitrogen and oxygen atoms in total. The minimum absolute atomic E-state index is 0.0910. The molecule has 6 heteroatoms. The van der Waals surface area contributed by atoms with E-state index in [2.05, 4.69) is 5.32 Å². The third-order valence-corrected chi connectivity index (χ3v) is 2.59. The van der Waals surface area contributed by atoms with Crippen molar-refractivity contribution in [1.29, 1.82) is 0 Å². The second-order valence-electron chi connectivity index (χ2n) is 4.05. The number of ether oxygens (including phenoxy) is 2. The van der Waals surface area contributed by atoms with Gasteiger partial charge in [0.2, 0.25) is 0 Å². The van der Waals surface area contributed by atoms with Crippen molar-refractivity contribution in [2.45, 2.75) is 19.8 Å². The Labute approximate surface area is 117 Å². The van der Waals surface area contributed by atoms with Gasteiger partial charge in [-0.05, 0) is 31.5 Å². The molecule has 0 bridgehead atoms. The number of amides is 1. The van der Waals surface area contributed by atoms with Crippen LogP contribution >= 0.6 is 0 Å². The van der Waals surface area contributed by atoms with Crippen molar-refractivity contribution < 1.29 is 24.2 Å². The maximum absolute atomic E-state index is 11.8. The molecule has 0 aliphatic heterocycles. The van der Waals surface area contributed by atoms with Crippen molar-refractivity contribution in [1.82, 2.24) is 5.32 Å². The number of nitrogens with one attached hydrogen (secondary N) is 1. The summed E-state index contributed by atoms with van der Waals surface area (Å²) in [4.78, 5) is 22.9. The van der Waals surface area contributed by atoms with Crippen LogP contribution < -0.4 is 10.1 Å². The number of aromatic hydroxyl groups is 1.